The predicted octanol–water partition coefficient (Wildman–Crippen LogP) is 5.13. The van der Waals surface area contributed by atoms with Crippen molar-refractivity contribution in [2.75, 3.05) is 12.4 Å². The minimum atomic E-state index is 0.0605. The SMILES string of the molecule is COc1ccc([C@H](C)Nc2nc3c(-c4ccccc4)nnn3c3ccccc23)cc1. The van der Waals surface area contributed by atoms with E-state index in [1.165, 1.54) is 0 Å². The normalized spacial score (nSPS) is 12.2. The van der Waals surface area contributed by atoms with Crippen LogP contribution in [0.25, 0.3) is 27.8 Å². The molecule has 148 valence electrons. The van der Waals surface area contributed by atoms with Gasteiger partial charge in [-0.15, -0.1) is 5.10 Å². The first kappa shape index (κ1) is 18.1. The third kappa shape index (κ3) is 3.12. The number of benzene rings is 3. The van der Waals surface area contributed by atoms with E-state index in [2.05, 4.69) is 40.8 Å². The zero-order chi connectivity index (χ0) is 20.5. The second-order valence-electron chi connectivity index (χ2n) is 7.16. The quantitative estimate of drug-likeness (QED) is 0.447. The standard InChI is InChI=1S/C24H21N5O/c1-16(17-12-14-19(30-2)15-13-17)25-23-20-10-6-7-11-21(20)29-24(26-23)22(27-28-29)18-8-4-3-5-9-18/h3-16H,1-2H3,(H,25,26)/t16-/m0/s1. The van der Waals surface area contributed by atoms with Gasteiger partial charge in [0.15, 0.2) is 5.65 Å². The Labute approximate surface area is 174 Å². The lowest BCUT2D eigenvalue weighted by atomic mass is 10.1. The number of anilines is 1. The molecule has 0 aliphatic carbocycles. The molecule has 0 spiro atoms. The Bertz CT molecular complexity index is 1310. The summed E-state index contributed by atoms with van der Waals surface area (Å²) in [5, 5.41) is 13.4. The molecule has 5 aromatic rings. The van der Waals surface area contributed by atoms with Crippen molar-refractivity contribution in [2.24, 2.45) is 0 Å². The zero-order valence-electron chi connectivity index (χ0n) is 16.8. The van der Waals surface area contributed by atoms with Gasteiger partial charge in [0, 0.05) is 17.0 Å². The number of ether oxygens (including phenoxy) is 1. The number of para-hydroxylation sites is 1. The van der Waals surface area contributed by atoms with Crippen LogP contribution >= 0.6 is 0 Å². The van der Waals surface area contributed by atoms with Gasteiger partial charge in [-0.1, -0.05) is 59.8 Å². The van der Waals surface area contributed by atoms with Gasteiger partial charge < -0.3 is 10.1 Å². The minimum Gasteiger partial charge on any atom is -0.497 e. The lowest BCUT2D eigenvalue weighted by molar-refractivity contribution is 0.414. The van der Waals surface area contributed by atoms with Gasteiger partial charge in [-0.3, -0.25) is 0 Å². The van der Waals surface area contributed by atoms with Gasteiger partial charge in [-0.05, 0) is 36.8 Å². The molecule has 5 rings (SSSR count). The summed E-state index contributed by atoms with van der Waals surface area (Å²) in [5.41, 5.74) is 4.59. The average molecular weight is 395 g/mol. The topological polar surface area (TPSA) is 64.3 Å². The van der Waals surface area contributed by atoms with Crippen molar-refractivity contribution in [3.63, 3.8) is 0 Å². The lowest BCUT2D eigenvalue weighted by Crippen LogP contribution is -2.09. The monoisotopic (exact) mass is 395 g/mol. The predicted molar refractivity (Wildman–Crippen MR) is 119 cm³/mol. The highest BCUT2D eigenvalue weighted by molar-refractivity contribution is 5.93. The molecule has 3 aromatic carbocycles. The van der Waals surface area contributed by atoms with Gasteiger partial charge in [0.1, 0.15) is 17.3 Å². The van der Waals surface area contributed by atoms with E-state index in [0.29, 0.717) is 0 Å². The van der Waals surface area contributed by atoms with Crippen molar-refractivity contribution in [3.05, 3.63) is 84.4 Å². The molecule has 6 heteroatoms. The molecule has 0 aliphatic heterocycles. The van der Waals surface area contributed by atoms with Crippen molar-refractivity contribution in [1.29, 1.82) is 0 Å². The molecular weight excluding hydrogens is 374 g/mol. The molecule has 0 bridgehead atoms. The van der Waals surface area contributed by atoms with E-state index in [0.717, 1.165) is 44.9 Å². The molecule has 0 aliphatic rings. The molecule has 0 saturated carbocycles. The number of fused-ring (bicyclic) bond motifs is 3. The van der Waals surface area contributed by atoms with Gasteiger partial charge in [0.05, 0.1) is 12.6 Å². The fourth-order valence-electron chi connectivity index (χ4n) is 3.64. The fourth-order valence-corrected chi connectivity index (χ4v) is 3.64. The third-order valence-corrected chi connectivity index (χ3v) is 5.27. The molecule has 0 amide bonds. The van der Waals surface area contributed by atoms with Crippen LogP contribution in [0.1, 0.15) is 18.5 Å². The van der Waals surface area contributed by atoms with Crippen molar-refractivity contribution in [1.82, 2.24) is 19.8 Å². The molecule has 1 atom stereocenters. The van der Waals surface area contributed by atoms with E-state index in [4.69, 9.17) is 9.72 Å². The van der Waals surface area contributed by atoms with E-state index >= 15 is 0 Å². The van der Waals surface area contributed by atoms with Gasteiger partial charge >= 0.3 is 0 Å². The van der Waals surface area contributed by atoms with Crippen LogP contribution in [-0.4, -0.2) is 26.9 Å². The summed E-state index contributed by atoms with van der Waals surface area (Å²) in [6.07, 6.45) is 0. The first-order valence-electron chi connectivity index (χ1n) is 9.84. The van der Waals surface area contributed by atoms with Gasteiger partial charge in [-0.2, -0.15) is 4.52 Å². The number of rotatable bonds is 5. The first-order chi connectivity index (χ1) is 14.7. The largest absolute Gasteiger partial charge is 0.497 e. The molecule has 30 heavy (non-hydrogen) atoms. The minimum absolute atomic E-state index is 0.0605. The second kappa shape index (κ2) is 7.48. The molecule has 1 N–H and O–H groups in total. The Morgan fingerprint density at radius 1 is 0.900 bits per heavy atom. The highest BCUT2D eigenvalue weighted by Gasteiger charge is 2.17. The Balaban J connectivity index is 1.62. The van der Waals surface area contributed by atoms with Crippen molar-refractivity contribution in [3.8, 4) is 17.0 Å². The molecule has 0 unspecified atom stereocenters. The Hall–Kier alpha value is -3.93. The Morgan fingerprint density at radius 2 is 1.63 bits per heavy atom. The van der Waals surface area contributed by atoms with E-state index in [1.54, 1.807) is 11.6 Å². The van der Waals surface area contributed by atoms with Crippen molar-refractivity contribution < 1.29 is 4.74 Å². The molecular formula is C24H21N5O. The number of methoxy groups -OCH3 is 1. The molecule has 0 radical (unpaired) electrons. The summed E-state index contributed by atoms with van der Waals surface area (Å²) in [7, 11) is 1.67. The summed E-state index contributed by atoms with van der Waals surface area (Å²) in [4.78, 5) is 4.94. The summed E-state index contributed by atoms with van der Waals surface area (Å²) >= 11 is 0. The summed E-state index contributed by atoms with van der Waals surface area (Å²) in [6, 6.07) is 26.2. The summed E-state index contributed by atoms with van der Waals surface area (Å²) in [5.74, 6) is 1.65. The Morgan fingerprint density at radius 3 is 2.40 bits per heavy atom. The van der Waals surface area contributed by atoms with Gasteiger partial charge in [-0.25, -0.2) is 4.98 Å². The second-order valence-corrected chi connectivity index (χ2v) is 7.16. The van der Waals surface area contributed by atoms with Crippen molar-refractivity contribution >= 4 is 22.4 Å². The van der Waals surface area contributed by atoms with E-state index in [-0.39, 0.29) is 6.04 Å². The lowest BCUT2D eigenvalue weighted by Gasteiger charge is -2.17. The maximum Gasteiger partial charge on any atom is 0.186 e. The maximum absolute atomic E-state index is 5.27. The molecule has 0 saturated heterocycles. The Kier molecular flexibility index (Phi) is 4.52. The maximum atomic E-state index is 5.27. The van der Waals surface area contributed by atoms with Crippen LogP contribution in [0, 0.1) is 0 Å². The van der Waals surface area contributed by atoms with Crippen molar-refractivity contribution in [2.45, 2.75) is 13.0 Å². The number of aromatic nitrogens is 4. The van der Waals surface area contributed by atoms with Crippen LogP contribution in [0.2, 0.25) is 0 Å². The highest BCUT2D eigenvalue weighted by atomic mass is 16.5. The van der Waals surface area contributed by atoms with Crippen LogP contribution in [-0.2, 0) is 0 Å². The summed E-state index contributed by atoms with van der Waals surface area (Å²) in [6.45, 7) is 2.12. The number of hydrogen-bond acceptors (Lipinski definition) is 5. The number of nitrogens with one attached hydrogen (secondary N) is 1. The fraction of sp³-hybridized carbons (Fsp3) is 0.125. The number of nitrogens with zero attached hydrogens (tertiary/aromatic N) is 4. The van der Waals surface area contributed by atoms with Gasteiger partial charge in [0.2, 0.25) is 0 Å². The van der Waals surface area contributed by atoms with Crippen LogP contribution in [0.15, 0.2) is 78.9 Å². The van der Waals surface area contributed by atoms with E-state index in [1.807, 2.05) is 60.7 Å². The zero-order valence-corrected chi connectivity index (χ0v) is 16.8. The molecule has 2 aromatic heterocycles. The van der Waals surface area contributed by atoms with E-state index < -0.39 is 0 Å². The van der Waals surface area contributed by atoms with Crippen LogP contribution in [0.4, 0.5) is 5.82 Å². The highest BCUT2D eigenvalue weighted by Crippen LogP contribution is 2.30. The third-order valence-electron chi connectivity index (χ3n) is 5.27. The molecule has 6 nitrogen and oxygen atoms in total. The summed E-state index contributed by atoms with van der Waals surface area (Å²) < 4.78 is 7.08. The van der Waals surface area contributed by atoms with Crippen LogP contribution in [0.5, 0.6) is 5.75 Å². The first-order valence-corrected chi connectivity index (χ1v) is 9.84. The molecule has 2 heterocycles. The van der Waals surface area contributed by atoms with Gasteiger partial charge in [0.25, 0.3) is 0 Å². The number of hydrogen-bond donors (Lipinski definition) is 1. The molecule has 0 fully saturated rings. The van der Waals surface area contributed by atoms with E-state index in [9.17, 15) is 0 Å². The average Bonchev–Trinajstić information content (AvgIpc) is 3.24. The smallest absolute Gasteiger partial charge is 0.186 e. The van der Waals surface area contributed by atoms with Crippen LogP contribution in [0.3, 0.4) is 0 Å². The van der Waals surface area contributed by atoms with Crippen LogP contribution < -0.4 is 10.1 Å².